The van der Waals surface area contributed by atoms with Crippen molar-refractivity contribution < 1.29 is 9.59 Å². The lowest BCUT2D eigenvalue weighted by molar-refractivity contribution is -0.133. The van der Waals surface area contributed by atoms with Gasteiger partial charge in [0.25, 0.3) is 0 Å². The Morgan fingerprint density at radius 3 is 2.44 bits per heavy atom. The maximum absolute atomic E-state index is 12.7. The molecule has 32 heavy (non-hydrogen) atoms. The number of piperidine rings is 1. The molecule has 2 aliphatic rings. The van der Waals surface area contributed by atoms with Crippen molar-refractivity contribution >= 4 is 11.8 Å². The standard InChI is InChI=1S/C25H35N5O2/c1-19(2)17-24(32)28-13-11-21(12-14-28)25-27-26-22-18-29(15-16-30(22)25)23(31)10-6-9-20-7-4-3-5-8-20/h3-5,7-8,19,21H,6,9-18H2,1-2H3. The average molecular weight is 438 g/mol. The van der Waals surface area contributed by atoms with Gasteiger partial charge < -0.3 is 14.4 Å². The molecule has 1 aromatic carbocycles. The van der Waals surface area contributed by atoms with E-state index in [1.807, 2.05) is 28.0 Å². The summed E-state index contributed by atoms with van der Waals surface area (Å²) in [4.78, 5) is 29.0. The van der Waals surface area contributed by atoms with Crippen molar-refractivity contribution in [1.82, 2.24) is 24.6 Å². The van der Waals surface area contributed by atoms with Gasteiger partial charge in [0.15, 0.2) is 5.82 Å². The molecule has 7 nitrogen and oxygen atoms in total. The van der Waals surface area contributed by atoms with Gasteiger partial charge in [-0.1, -0.05) is 44.2 Å². The molecule has 0 unspecified atom stereocenters. The predicted octanol–water partition coefficient (Wildman–Crippen LogP) is 3.40. The van der Waals surface area contributed by atoms with Crippen molar-refractivity contribution in [3.63, 3.8) is 0 Å². The molecule has 0 N–H and O–H groups in total. The minimum atomic E-state index is 0.203. The lowest BCUT2D eigenvalue weighted by atomic mass is 9.95. The van der Waals surface area contributed by atoms with E-state index in [0.717, 1.165) is 57.0 Å². The number of hydrogen-bond acceptors (Lipinski definition) is 4. The molecule has 1 fully saturated rings. The number of aromatic nitrogens is 3. The summed E-state index contributed by atoms with van der Waals surface area (Å²) in [6.45, 7) is 7.79. The quantitative estimate of drug-likeness (QED) is 0.666. The molecule has 4 rings (SSSR count). The minimum absolute atomic E-state index is 0.203. The van der Waals surface area contributed by atoms with Crippen molar-refractivity contribution in [2.24, 2.45) is 5.92 Å². The number of fused-ring (bicyclic) bond motifs is 1. The van der Waals surface area contributed by atoms with Crippen LogP contribution in [0.1, 0.15) is 69.1 Å². The van der Waals surface area contributed by atoms with Gasteiger partial charge >= 0.3 is 0 Å². The Bertz CT molecular complexity index is 916. The van der Waals surface area contributed by atoms with E-state index in [9.17, 15) is 9.59 Å². The molecule has 0 radical (unpaired) electrons. The summed E-state index contributed by atoms with van der Waals surface area (Å²) < 4.78 is 2.21. The van der Waals surface area contributed by atoms with Crippen LogP contribution in [0, 0.1) is 5.92 Å². The van der Waals surface area contributed by atoms with Gasteiger partial charge in [-0.2, -0.15) is 0 Å². The third kappa shape index (κ3) is 5.37. The van der Waals surface area contributed by atoms with Crippen LogP contribution < -0.4 is 0 Å². The molecule has 2 aliphatic heterocycles. The summed E-state index contributed by atoms with van der Waals surface area (Å²) in [5.41, 5.74) is 1.28. The molecule has 0 saturated carbocycles. The van der Waals surface area contributed by atoms with E-state index >= 15 is 0 Å². The first-order valence-electron chi connectivity index (χ1n) is 12.0. The molecule has 0 atom stereocenters. The highest BCUT2D eigenvalue weighted by molar-refractivity contribution is 5.76. The predicted molar refractivity (Wildman–Crippen MR) is 123 cm³/mol. The molecular weight excluding hydrogens is 402 g/mol. The molecule has 0 aliphatic carbocycles. The van der Waals surface area contributed by atoms with Crippen LogP contribution in [-0.2, 0) is 29.1 Å². The third-order valence-electron chi connectivity index (χ3n) is 6.63. The second-order valence-corrected chi connectivity index (χ2v) is 9.53. The van der Waals surface area contributed by atoms with E-state index in [1.165, 1.54) is 5.56 Å². The van der Waals surface area contributed by atoms with E-state index in [2.05, 4.69) is 40.7 Å². The van der Waals surface area contributed by atoms with Crippen LogP contribution in [0.5, 0.6) is 0 Å². The van der Waals surface area contributed by atoms with Gasteiger partial charge in [-0.25, -0.2) is 0 Å². The Morgan fingerprint density at radius 2 is 1.72 bits per heavy atom. The first-order chi connectivity index (χ1) is 15.5. The fourth-order valence-corrected chi connectivity index (χ4v) is 4.81. The lowest BCUT2D eigenvalue weighted by Crippen LogP contribution is -2.40. The van der Waals surface area contributed by atoms with Gasteiger partial charge in [0.1, 0.15) is 5.82 Å². The second-order valence-electron chi connectivity index (χ2n) is 9.53. The number of likely N-dealkylation sites (tertiary alicyclic amines) is 1. The highest BCUT2D eigenvalue weighted by Gasteiger charge is 2.30. The van der Waals surface area contributed by atoms with Crippen LogP contribution in [0.15, 0.2) is 30.3 Å². The summed E-state index contributed by atoms with van der Waals surface area (Å²) in [5, 5.41) is 8.93. The zero-order valence-corrected chi connectivity index (χ0v) is 19.4. The van der Waals surface area contributed by atoms with Crippen LogP contribution in [0.3, 0.4) is 0 Å². The number of carbonyl (C=O) groups is 2. The van der Waals surface area contributed by atoms with Crippen LogP contribution in [0.25, 0.3) is 0 Å². The highest BCUT2D eigenvalue weighted by atomic mass is 16.2. The molecule has 1 saturated heterocycles. The summed E-state index contributed by atoms with van der Waals surface area (Å²) >= 11 is 0. The third-order valence-corrected chi connectivity index (χ3v) is 6.63. The van der Waals surface area contributed by atoms with Crippen LogP contribution >= 0.6 is 0 Å². The minimum Gasteiger partial charge on any atom is -0.343 e. The normalized spacial score (nSPS) is 17.0. The molecule has 0 bridgehead atoms. The number of hydrogen-bond donors (Lipinski definition) is 0. The SMILES string of the molecule is CC(C)CC(=O)N1CCC(c2nnc3n2CCN(C(=O)CCCc2ccccc2)C3)CC1. The van der Waals surface area contributed by atoms with E-state index in [1.54, 1.807) is 0 Å². The highest BCUT2D eigenvalue weighted by Crippen LogP contribution is 2.29. The zero-order valence-electron chi connectivity index (χ0n) is 19.4. The maximum atomic E-state index is 12.7. The van der Waals surface area contributed by atoms with Crippen LogP contribution in [0.2, 0.25) is 0 Å². The fraction of sp³-hybridized carbons (Fsp3) is 0.600. The molecule has 7 heteroatoms. The molecule has 172 valence electrons. The largest absolute Gasteiger partial charge is 0.343 e. The molecule has 2 amide bonds. The van der Waals surface area contributed by atoms with Gasteiger partial charge in [-0.15, -0.1) is 10.2 Å². The molecule has 3 heterocycles. The van der Waals surface area contributed by atoms with E-state index in [0.29, 0.717) is 37.8 Å². The first-order valence-corrected chi connectivity index (χ1v) is 12.0. The molecule has 2 aromatic rings. The van der Waals surface area contributed by atoms with Crippen LogP contribution in [-0.4, -0.2) is 56.0 Å². The first kappa shape index (κ1) is 22.5. The van der Waals surface area contributed by atoms with Gasteiger partial charge in [0.05, 0.1) is 6.54 Å². The van der Waals surface area contributed by atoms with E-state index in [4.69, 9.17) is 0 Å². The molecule has 0 spiro atoms. The Labute approximate surface area is 190 Å². The Hall–Kier alpha value is -2.70. The molecule has 1 aromatic heterocycles. The Balaban J connectivity index is 1.28. The van der Waals surface area contributed by atoms with Gasteiger partial charge in [-0.3, -0.25) is 9.59 Å². The van der Waals surface area contributed by atoms with Crippen molar-refractivity contribution in [2.45, 2.75) is 71.4 Å². The zero-order chi connectivity index (χ0) is 22.5. The summed E-state index contributed by atoms with van der Waals surface area (Å²) in [5.74, 6) is 3.13. The lowest BCUT2D eigenvalue weighted by Gasteiger charge is -2.33. The number of rotatable bonds is 7. The summed E-state index contributed by atoms with van der Waals surface area (Å²) in [6.07, 6.45) is 4.86. The Morgan fingerprint density at radius 1 is 0.969 bits per heavy atom. The van der Waals surface area contributed by atoms with Crippen molar-refractivity contribution in [3.05, 3.63) is 47.5 Å². The van der Waals surface area contributed by atoms with E-state index in [-0.39, 0.29) is 11.8 Å². The second kappa shape index (κ2) is 10.3. The summed E-state index contributed by atoms with van der Waals surface area (Å²) in [7, 11) is 0. The van der Waals surface area contributed by atoms with Crippen molar-refractivity contribution in [2.75, 3.05) is 19.6 Å². The van der Waals surface area contributed by atoms with Crippen LogP contribution in [0.4, 0.5) is 0 Å². The van der Waals surface area contributed by atoms with Gasteiger partial charge in [-0.05, 0) is 37.2 Å². The topological polar surface area (TPSA) is 71.3 Å². The van der Waals surface area contributed by atoms with Gasteiger partial charge in [0, 0.05) is 44.9 Å². The number of benzene rings is 1. The van der Waals surface area contributed by atoms with Crippen molar-refractivity contribution in [1.29, 1.82) is 0 Å². The number of nitrogens with zero attached hydrogens (tertiary/aromatic N) is 5. The van der Waals surface area contributed by atoms with Gasteiger partial charge in [0.2, 0.25) is 11.8 Å². The smallest absolute Gasteiger partial charge is 0.223 e. The molecular formula is C25H35N5O2. The Kier molecular flexibility index (Phi) is 7.22. The number of aryl methyl sites for hydroxylation is 1. The fourth-order valence-electron chi connectivity index (χ4n) is 4.81. The number of amides is 2. The van der Waals surface area contributed by atoms with E-state index < -0.39 is 0 Å². The van der Waals surface area contributed by atoms with Crippen molar-refractivity contribution in [3.8, 4) is 0 Å². The summed E-state index contributed by atoms with van der Waals surface area (Å²) in [6, 6.07) is 10.3. The monoisotopic (exact) mass is 437 g/mol. The number of carbonyl (C=O) groups excluding carboxylic acids is 2. The maximum Gasteiger partial charge on any atom is 0.223 e. The average Bonchev–Trinajstić information content (AvgIpc) is 3.22.